The van der Waals surface area contributed by atoms with Gasteiger partial charge in [-0.15, -0.1) is 0 Å². The molecular formula is C17H18ClF3N4O. The topological polar surface area (TPSA) is 66.9 Å². The molecule has 1 heterocycles. The molecule has 1 amide bonds. The van der Waals surface area contributed by atoms with E-state index in [2.05, 4.69) is 34.4 Å². The van der Waals surface area contributed by atoms with Gasteiger partial charge in [0.1, 0.15) is 0 Å². The molecule has 2 aromatic rings. The minimum Gasteiger partial charge on any atom is -0.354 e. The molecular weight excluding hydrogens is 369 g/mol. The molecule has 9 heteroatoms. The third-order valence-electron chi connectivity index (χ3n) is 3.45. The maximum atomic E-state index is 13.1. The first kappa shape index (κ1) is 20.0. The van der Waals surface area contributed by atoms with E-state index < -0.39 is 17.6 Å². The number of amides is 1. The highest BCUT2D eigenvalue weighted by Crippen LogP contribution is 2.36. The summed E-state index contributed by atoms with van der Waals surface area (Å²) in [6, 6.07) is 3.13. The number of carbonyl (C=O) groups is 1. The molecule has 2 rings (SSSR count). The molecule has 0 aliphatic rings. The lowest BCUT2D eigenvalue weighted by Crippen LogP contribution is -2.17. The zero-order valence-corrected chi connectivity index (χ0v) is 14.9. The van der Waals surface area contributed by atoms with Crippen molar-refractivity contribution in [2.45, 2.75) is 26.4 Å². The summed E-state index contributed by atoms with van der Waals surface area (Å²) < 4.78 is 39.2. The van der Waals surface area contributed by atoms with Crippen LogP contribution >= 0.6 is 11.6 Å². The number of benzene rings is 1. The Balaban J connectivity index is 2.09. The van der Waals surface area contributed by atoms with E-state index in [1.165, 1.54) is 18.5 Å². The van der Waals surface area contributed by atoms with E-state index in [-0.39, 0.29) is 16.3 Å². The maximum Gasteiger partial charge on any atom is 0.418 e. The van der Waals surface area contributed by atoms with E-state index >= 15 is 0 Å². The molecule has 2 N–H and O–H groups in total. The van der Waals surface area contributed by atoms with Crippen LogP contribution < -0.4 is 10.6 Å². The molecule has 26 heavy (non-hydrogen) atoms. The van der Waals surface area contributed by atoms with Gasteiger partial charge in [0.05, 0.1) is 16.8 Å². The lowest BCUT2D eigenvalue weighted by Gasteiger charge is -2.14. The van der Waals surface area contributed by atoms with Crippen molar-refractivity contribution >= 4 is 29.1 Å². The van der Waals surface area contributed by atoms with Crippen LogP contribution in [0.1, 0.15) is 36.2 Å². The van der Waals surface area contributed by atoms with Crippen molar-refractivity contribution in [1.29, 1.82) is 0 Å². The second kappa shape index (κ2) is 8.35. The number of carbonyl (C=O) groups excluding carboxylic acids is 1. The minimum atomic E-state index is -4.64. The van der Waals surface area contributed by atoms with Gasteiger partial charge in [-0.1, -0.05) is 25.4 Å². The number of nitrogens with one attached hydrogen (secondary N) is 2. The Morgan fingerprint density at radius 1 is 1.23 bits per heavy atom. The second-order valence-corrected chi connectivity index (χ2v) is 6.48. The monoisotopic (exact) mass is 386 g/mol. The van der Waals surface area contributed by atoms with Crippen molar-refractivity contribution < 1.29 is 18.0 Å². The zero-order valence-electron chi connectivity index (χ0n) is 14.2. The Morgan fingerprint density at radius 3 is 2.46 bits per heavy atom. The number of anilines is 2. The van der Waals surface area contributed by atoms with Crippen molar-refractivity contribution in [2.75, 3.05) is 17.2 Å². The Morgan fingerprint density at radius 2 is 1.88 bits per heavy atom. The first-order valence-corrected chi connectivity index (χ1v) is 8.28. The fourth-order valence-corrected chi connectivity index (χ4v) is 2.24. The van der Waals surface area contributed by atoms with Gasteiger partial charge in [-0.25, -0.2) is 9.97 Å². The fourth-order valence-electron chi connectivity index (χ4n) is 2.06. The Labute approximate surface area is 154 Å². The highest BCUT2D eigenvalue weighted by molar-refractivity contribution is 6.30. The van der Waals surface area contributed by atoms with Crippen LogP contribution in [-0.4, -0.2) is 22.4 Å². The summed E-state index contributed by atoms with van der Waals surface area (Å²) in [5.74, 6) is 0.131. The van der Waals surface area contributed by atoms with Crippen molar-refractivity contribution in [3.8, 4) is 0 Å². The number of aromatic nitrogens is 2. The predicted molar refractivity (Wildman–Crippen MR) is 94.4 cm³/mol. The van der Waals surface area contributed by atoms with Crippen LogP contribution in [0.5, 0.6) is 0 Å². The summed E-state index contributed by atoms with van der Waals surface area (Å²) in [6.07, 6.45) is -1.21. The van der Waals surface area contributed by atoms with Gasteiger partial charge in [0.25, 0.3) is 5.91 Å². The standard InChI is InChI=1S/C17H18ClF3N4O/c1-10(2)5-6-22-16-23-8-11(9-24-16)15(26)25-14-4-3-12(18)7-13(14)17(19,20)21/h3-4,7-10H,5-6H2,1-2H3,(H,25,26)(H,22,23,24). The molecule has 1 aromatic carbocycles. The summed E-state index contributed by atoms with van der Waals surface area (Å²) in [6.45, 7) is 4.85. The fraction of sp³-hybridized carbons (Fsp3) is 0.353. The van der Waals surface area contributed by atoms with E-state index in [9.17, 15) is 18.0 Å². The lowest BCUT2D eigenvalue weighted by atomic mass is 10.1. The molecule has 0 saturated carbocycles. The number of rotatable bonds is 6. The van der Waals surface area contributed by atoms with Crippen LogP contribution in [0.15, 0.2) is 30.6 Å². The molecule has 0 aliphatic heterocycles. The quantitative estimate of drug-likeness (QED) is 0.744. The summed E-state index contributed by atoms with van der Waals surface area (Å²) in [7, 11) is 0. The van der Waals surface area contributed by atoms with Crippen molar-refractivity contribution in [3.63, 3.8) is 0 Å². The number of hydrogen-bond donors (Lipinski definition) is 2. The van der Waals surface area contributed by atoms with E-state index in [1.54, 1.807) is 0 Å². The molecule has 0 spiro atoms. The van der Waals surface area contributed by atoms with Crippen molar-refractivity contribution in [3.05, 3.63) is 46.7 Å². The van der Waals surface area contributed by atoms with Crippen LogP contribution in [0.25, 0.3) is 0 Å². The van der Waals surface area contributed by atoms with Crippen LogP contribution in [0.4, 0.5) is 24.8 Å². The SMILES string of the molecule is CC(C)CCNc1ncc(C(=O)Nc2ccc(Cl)cc2C(F)(F)F)cn1. The van der Waals surface area contributed by atoms with Gasteiger partial charge in [0.15, 0.2) is 0 Å². The van der Waals surface area contributed by atoms with Gasteiger partial charge in [0.2, 0.25) is 5.95 Å². The zero-order chi connectivity index (χ0) is 19.3. The molecule has 1 aromatic heterocycles. The average molecular weight is 387 g/mol. The largest absolute Gasteiger partial charge is 0.418 e. The Hall–Kier alpha value is -2.35. The predicted octanol–water partition coefficient (Wildman–Crippen LogP) is 4.86. The summed E-state index contributed by atoms with van der Waals surface area (Å²) >= 11 is 5.62. The van der Waals surface area contributed by atoms with Crippen LogP contribution in [-0.2, 0) is 6.18 Å². The molecule has 0 aliphatic carbocycles. The van der Waals surface area contributed by atoms with Crippen LogP contribution in [0, 0.1) is 5.92 Å². The van der Waals surface area contributed by atoms with Crippen LogP contribution in [0.2, 0.25) is 5.02 Å². The molecule has 140 valence electrons. The third-order valence-corrected chi connectivity index (χ3v) is 3.69. The van der Waals surface area contributed by atoms with Gasteiger partial charge >= 0.3 is 6.18 Å². The summed E-state index contributed by atoms with van der Waals surface area (Å²) in [4.78, 5) is 20.2. The van der Waals surface area contributed by atoms with E-state index in [0.29, 0.717) is 18.4 Å². The molecule has 0 saturated heterocycles. The van der Waals surface area contributed by atoms with Gasteiger partial charge < -0.3 is 10.6 Å². The first-order valence-electron chi connectivity index (χ1n) is 7.91. The van der Waals surface area contributed by atoms with E-state index in [1.807, 2.05) is 0 Å². The molecule has 0 bridgehead atoms. The van der Waals surface area contributed by atoms with E-state index in [4.69, 9.17) is 11.6 Å². The smallest absolute Gasteiger partial charge is 0.354 e. The molecule has 5 nitrogen and oxygen atoms in total. The minimum absolute atomic E-state index is 0.0440. The molecule has 0 unspecified atom stereocenters. The molecule has 0 atom stereocenters. The van der Waals surface area contributed by atoms with Gasteiger partial charge in [0, 0.05) is 24.0 Å². The first-order chi connectivity index (χ1) is 12.2. The molecule has 0 radical (unpaired) electrons. The number of halogens is 4. The number of nitrogens with zero attached hydrogens (tertiary/aromatic N) is 2. The van der Waals surface area contributed by atoms with Gasteiger partial charge in [-0.05, 0) is 30.5 Å². The molecule has 0 fully saturated rings. The van der Waals surface area contributed by atoms with Crippen LogP contribution in [0.3, 0.4) is 0 Å². The van der Waals surface area contributed by atoms with Crippen molar-refractivity contribution in [1.82, 2.24) is 9.97 Å². The maximum absolute atomic E-state index is 13.1. The average Bonchev–Trinajstić information content (AvgIpc) is 2.56. The van der Waals surface area contributed by atoms with E-state index in [0.717, 1.165) is 18.6 Å². The highest BCUT2D eigenvalue weighted by atomic mass is 35.5. The third kappa shape index (κ3) is 5.59. The normalized spacial score (nSPS) is 11.5. The van der Waals surface area contributed by atoms with Gasteiger partial charge in [-0.3, -0.25) is 4.79 Å². The van der Waals surface area contributed by atoms with Gasteiger partial charge in [-0.2, -0.15) is 13.2 Å². The van der Waals surface area contributed by atoms with Crippen molar-refractivity contribution in [2.24, 2.45) is 5.92 Å². The number of alkyl halides is 3. The Bertz CT molecular complexity index is 764. The number of hydrogen-bond acceptors (Lipinski definition) is 4. The lowest BCUT2D eigenvalue weighted by molar-refractivity contribution is -0.136. The summed E-state index contributed by atoms with van der Waals surface area (Å²) in [5, 5.41) is 5.16. The summed E-state index contributed by atoms with van der Waals surface area (Å²) in [5.41, 5.74) is -1.36. The Kier molecular flexibility index (Phi) is 6.42. The second-order valence-electron chi connectivity index (χ2n) is 6.05. The highest BCUT2D eigenvalue weighted by Gasteiger charge is 2.34.